The second-order valence-electron chi connectivity index (χ2n) is 6.48. The summed E-state index contributed by atoms with van der Waals surface area (Å²) in [6.07, 6.45) is 6.14. The van der Waals surface area contributed by atoms with Crippen LogP contribution >= 0.6 is 0 Å². The van der Waals surface area contributed by atoms with Crippen LogP contribution in [0.1, 0.15) is 48.9 Å². The third kappa shape index (κ3) is 4.24. The molecule has 0 radical (unpaired) electrons. The maximum atomic E-state index is 11.8. The van der Waals surface area contributed by atoms with Crippen molar-refractivity contribution in [3.63, 3.8) is 0 Å². The summed E-state index contributed by atoms with van der Waals surface area (Å²) in [4.78, 5) is 23.3. The lowest BCUT2D eigenvalue weighted by atomic mass is 9.92. The van der Waals surface area contributed by atoms with Crippen LogP contribution in [-0.2, 0) is 4.79 Å². The average molecular weight is 316 g/mol. The van der Waals surface area contributed by atoms with Crippen molar-refractivity contribution in [1.29, 1.82) is 0 Å². The smallest absolute Gasteiger partial charge is 0.251 e. The summed E-state index contributed by atoms with van der Waals surface area (Å²) in [5.41, 5.74) is 0.631. The summed E-state index contributed by atoms with van der Waals surface area (Å²) < 4.78 is 5.99. The van der Waals surface area contributed by atoms with E-state index in [0.717, 1.165) is 44.3 Å². The Morgan fingerprint density at radius 3 is 2.22 bits per heavy atom. The number of amides is 2. The molecule has 124 valence electrons. The molecule has 0 aromatic heterocycles. The van der Waals surface area contributed by atoms with E-state index >= 15 is 0 Å². The van der Waals surface area contributed by atoms with E-state index in [1.165, 1.54) is 0 Å². The SMILES string of the molecule is CNC(=O)c1ccc(OC2CCC(NC(=O)C3CC3)CC2)cc1. The van der Waals surface area contributed by atoms with Gasteiger partial charge in [-0.15, -0.1) is 0 Å². The van der Waals surface area contributed by atoms with Crippen molar-refractivity contribution in [2.45, 2.75) is 50.7 Å². The first-order valence-electron chi connectivity index (χ1n) is 8.45. The van der Waals surface area contributed by atoms with Crippen LogP contribution in [0.15, 0.2) is 24.3 Å². The molecule has 0 atom stereocenters. The number of hydrogen-bond acceptors (Lipinski definition) is 3. The molecule has 2 aliphatic carbocycles. The number of nitrogens with one attached hydrogen (secondary N) is 2. The predicted octanol–water partition coefficient (Wildman–Crippen LogP) is 2.26. The van der Waals surface area contributed by atoms with Crippen molar-refractivity contribution < 1.29 is 14.3 Å². The number of ether oxygens (including phenoxy) is 1. The Kier molecular flexibility index (Phi) is 4.84. The highest BCUT2D eigenvalue weighted by molar-refractivity contribution is 5.94. The van der Waals surface area contributed by atoms with Crippen LogP contribution in [0.5, 0.6) is 5.75 Å². The van der Waals surface area contributed by atoms with E-state index in [0.29, 0.717) is 11.6 Å². The minimum absolute atomic E-state index is 0.0940. The Morgan fingerprint density at radius 2 is 1.65 bits per heavy atom. The molecule has 5 heteroatoms. The highest BCUT2D eigenvalue weighted by Crippen LogP contribution is 2.30. The van der Waals surface area contributed by atoms with E-state index in [2.05, 4.69) is 10.6 Å². The topological polar surface area (TPSA) is 67.4 Å². The minimum Gasteiger partial charge on any atom is -0.490 e. The summed E-state index contributed by atoms with van der Waals surface area (Å²) in [6.45, 7) is 0. The Labute approximate surface area is 136 Å². The Hall–Kier alpha value is -2.04. The van der Waals surface area contributed by atoms with Gasteiger partial charge in [0, 0.05) is 24.6 Å². The lowest BCUT2D eigenvalue weighted by Gasteiger charge is -2.29. The molecule has 0 heterocycles. The van der Waals surface area contributed by atoms with Gasteiger partial charge in [0.1, 0.15) is 5.75 Å². The Balaban J connectivity index is 1.44. The molecular weight excluding hydrogens is 292 g/mol. The fourth-order valence-corrected chi connectivity index (χ4v) is 3.01. The largest absolute Gasteiger partial charge is 0.490 e. The predicted molar refractivity (Wildman–Crippen MR) is 87.4 cm³/mol. The van der Waals surface area contributed by atoms with Crippen LogP contribution in [0.4, 0.5) is 0 Å². The minimum atomic E-state index is -0.0940. The van der Waals surface area contributed by atoms with Crippen LogP contribution in [0.25, 0.3) is 0 Å². The molecule has 1 aromatic rings. The molecule has 5 nitrogen and oxygen atoms in total. The molecule has 2 amide bonds. The Morgan fingerprint density at radius 1 is 1.00 bits per heavy atom. The van der Waals surface area contributed by atoms with Crippen molar-refractivity contribution >= 4 is 11.8 Å². The third-order valence-corrected chi connectivity index (χ3v) is 4.62. The van der Waals surface area contributed by atoms with Gasteiger partial charge in [-0.05, 0) is 62.8 Å². The first kappa shape index (κ1) is 15.8. The zero-order chi connectivity index (χ0) is 16.2. The monoisotopic (exact) mass is 316 g/mol. The van der Waals surface area contributed by atoms with Gasteiger partial charge < -0.3 is 15.4 Å². The Bertz CT molecular complexity index is 558. The van der Waals surface area contributed by atoms with E-state index < -0.39 is 0 Å². The van der Waals surface area contributed by atoms with Gasteiger partial charge >= 0.3 is 0 Å². The van der Waals surface area contributed by atoms with Crippen molar-refractivity contribution in [1.82, 2.24) is 10.6 Å². The zero-order valence-corrected chi connectivity index (χ0v) is 13.5. The second-order valence-corrected chi connectivity index (χ2v) is 6.48. The summed E-state index contributed by atoms with van der Waals surface area (Å²) in [7, 11) is 1.62. The highest BCUT2D eigenvalue weighted by atomic mass is 16.5. The average Bonchev–Trinajstić information content (AvgIpc) is 3.42. The third-order valence-electron chi connectivity index (χ3n) is 4.62. The number of rotatable bonds is 5. The van der Waals surface area contributed by atoms with E-state index in [1.54, 1.807) is 19.2 Å². The first-order valence-corrected chi connectivity index (χ1v) is 8.45. The van der Waals surface area contributed by atoms with Crippen molar-refractivity contribution in [3.8, 4) is 5.75 Å². The second kappa shape index (κ2) is 7.02. The summed E-state index contributed by atoms with van der Waals surface area (Å²) in [5, 5.41) is 5.75. The molecule has 3 rings (SSSR count). The van der Waals surface area contributed by atoms with E-state index in [9.17, 15) is 9.59 Å². The molecule has 1 aromatic carbocycles. The van der Waals surface area contributed by atoms with Gasteiger partial charge in [-0.1, -0.05) is 0 Å². The van der Waals surface area contributed by atoms with Gasteiger partial charge in [-0.25, -0.2) is 0 Å². The molecule has 2 aliphatic rings. The lowest BCUT2D eigenvalue weighted by molar-refractivity contribution is -0.123. The number of carbonyl (C=O) groups excluding carboxylic acids is 2. The highest BCUT2D eigenvalue weighted by Gasteiger charge is 2.32. The zero-order valence-electron chi connectivity index (χ0n) is 13.5. The quantitative estimate of drug-likeness (QED) is 0.875. The van der Waals surface area contributed by atoms with Crippen LogP contribution in [0.3, 0.4) is 0 Å². The molecule has 2 saturated carbocycles. The fourth-order valence-electron chi connectivity index (χ4n) is 3.01. The molecular formula is C18H24N2O3. The molecule has 23 heavy (non-hydrogen) atoms. The fraction of sp³-hybridized carbons (Fsp3) is 0.556. The van der Waals surface area contributed by atoms with Gasteiger partial charge in [0.2, 0.25) is 5.91 Å². The van der Waals surface area contributed by atoms with Crippen LogP contribution in [0, 0.1) is 5.92 Å². The van der Waals surface area contributed by atoms with Gasteiger partial charge in [0.25, 0.3) is 5.91 Å². The van der Waals surface area contributed by atoms with Crippen molar-refractivity contribution in [2.75, 3.05) is 7.05 Å². The molecule has 0 aliphatic heterocycles. The van der Waals surface area contributed by atoms with Gasteiger partial charge in [-0.3, -0.25) is 9.59 Å². The number of carbonyl (C=O) groups is 2. The molecule has 2 fully saturated rings. The van der Waals surface area contributed by atoms with Crippen LogP contribution in [-0.4, -0.2) is 31.0 Å². The molecule has 2 N–H and O–H groups in total. The van der Waals surface area contributed by atoms with Crippen LogP contribution in [0.2, 0.25) is 0 Å². The maximum Gasteiger partial charge on any atom is 0.251 e. The summed E-state index contributed by atoms with van der Waals surface area (Å²) in [5.74, 6) is 1.22. The summed E-state index contributed by atoms with van der Waals surface area (Å²) >= 11 is 0. The maximum absolute atomic E-state index is 11.8. The summed E-state index contributed by atoms with van der Waals surface area (Å²) in [6, 6.07) is 7.53. The molecule has 0 unspecified atom stereocenters. The van der Waals surface area contributed by atoms with Crippen molar-refractivity contribution in [3.05, 3.63) is 29.8 Å². The standard InChI is InChI=1S/C18H24N2O3/c1-19-17(21)12-4-8-15(9-5-12)23-16-10-6-14(7-11-16)20-18(22)13-2-3-13/h4-5,8-9,13-14,16H,2-3,6-7,10-11H2,1H3,(H,19,21)(H,20,22). The van der Waals surface area contributed by atoms with Crippen molar-refractivity contribution in [2.24, 2.45) is 5.92 Å². The molecule has 0 spiro atoms. The lowest BCUT2D eigenvalue weighted by Crippen LogP contribution is -2.40. The van der Waals surface area contributed by atoms with Crippen LogP contribution < -0.4 is 15.4 Å². The van der Waals surface area contributed by atoms with Gasteiger partial charge in [0.15, 0.2) is 0 Å². The first-order chi connectivity index (χ1) is 11.2. The van der Waals surface area contributed by atoms with E-state index in [-0.39, 0.29) is 23.8 Å². The van der Waals surface area contributed by atoms with Gasteiger partial charge in [-0.2, -0.15) is 0 Å². The molecule has 0 bridgehead atoms. The number of benzene rings is 1. The number of hydrogen-bond donors (Lipinski definition) is 2. The van der Waals surface area contributed by atoms with E-state index in [4.69, 9.17) is 4.74 Å². The van der Waals surface area contributed by atoms with E-state index in [1.807, 2.05) is 12.1 Å². The molecule has 0 saturated heterocycles. The normalized spacial score (nSPS) is 23.9. The van der Waals surface area contributed by atoms with Gasteiger partial charge in [0.05, 0.1) is 6.10 Å².